The van der Waals surface area contributed by atoms with Gasteiger partial charge in [0.15, 0.2) is 0 Å². The SMILES string of the molecule is CCCS(=O)(=O)Nc1cccc(C(=O)N2CCCC2c2ccc(C)cc2)c1. The summed E-state index contributed by atoms with van der Waals surface area (Å²) in [5.74, 6) is 0.00176. The minimum absolute atomic E-state index is 0.0605. The maximum atomic E-state index is 13.1. The third kappa shape index (κ3) is 4.69. The number of hydrogen-bond donors (Lipinski definition) is 1. The van der Waals surface area contributed by atoms with Crippen molar-refractivity contribution in [2.75, 3.05) is 17.0 Å². The second kappa shape index (κ2) is 8.13. The van der Waals surface area contributed by atoms with Gasteiger partial charge in [0.2, 0.25) is 10.0 Å². The lowest BCUT2D eigenvalue weighted by Crippen LogP contribution is -2.30. The number of hydrogen-bond acceptors (Lipinski definition) is 3. The highest BCUT2D eigenvalue weighted by atomic mass is 32.2. The Morgan fingerprint density at radius 1 is 1.19 bits per heavy atom. The van der Waals surface area contributed by atoms with Gasteiger partial charge in [0.05, 0.1) is 11.8 Å². The molecule has 1 N–H and O–H groups in total. The van der Waals surface area contributed by atoms with Crippen molar-refractivity contribution in [1.29, 1.82) is 0 Å². The van der Waals surface area contributed by atoms with Crippen molar-refractivity contribution >= 4 is 21.6 Å². The molecule has 144 valence electrons. The molecule has 5 nitrogen and oxygen atoms in total. The van der Waals surface area contributed by atoms with E-state index in [0.29, 0.717) is 24.2 Å². The van der Waals surface area contributed by atoms with Gasteiger partial charge in [-0.05, 0) is 49.9 Å². The molecule has 0 spiro atoms. The Kier molecular flexibility index (Phi) is 5.85. The molecule has 0 aromatic heterocycles. The van der Waals surface area contributed by atoms with Crippen LogP contribution in [-0.4, -0.2) is 31.5 Å². The number of aryl methyl sites for hydroxylation is 1. The van der Waals surface area contributed by atoms with E-state index in [1.807, 2.05) is 18.7 Å². The van der Waals surface area contributed by atoms with Gasteiger partial charge < -0.3 is 4.90 Å². The van der Waals surface area contributed by atoms with Crippen molar-refractivity contribution in [3.05, 3.63) is 65.2 Å². The van der Waals surface area contributed by atoms with Crippen LogP contribution in [0.4, 0.5) is 5.69 Å². The van der Waals surface area contributed by atoms with Gasteiger partial charge in [0.25, 0.3) is 5.91 Å². The maximum absolute atomic E-state index is 13.1. The number of anilines is 1. The predicted octanol–water partition coefficient (Wildman–Crippen LogP) is 4.12. The second-order valence-corrected chi connectivity index (χ2v) is 8.91. The molecule has 0 radical (unpaired) electrons. The van der Waals surface area contributed by atoms with Crippen molar-refractivity contribution in [3.63, 3.8) is 0 Å². The maximum Gasteiger partial charge on any atom is 0.254 e. The summed E-state index contributed by atoms with van der Waals surface area (Å²) in [6.07, 6.45) is 2.45. The first-order valence-electron chi connectivity index (χ1n) is 9.38. The number of likely N-dealkylation sites (tertiary alicyclic amines) is 1. The number of benzene rings is 2. The second-order valence-electron chi connectivity index (χ2n) is 7.07. The van der Waals surface area contributed by atoms with Crippen LogP contribution in [0.15, 0.2) is 48.5 Å². The summed E-state index contributed by atoms with van der Waals surface area (Å²) in [5, 5.41) is 0. The summed E-state index contributed by atoms with van der Waals surface area (Å²) in [6, 6.07) is 15.1. The first-order chi connectivity index (χ1) is 12.9. The van der Waals surface area contributed by atoms with Crippen LogP contribution < -0.4 is 4.72 Å². The van der Waals surface area contributed by atoms with Gasteiger partial charge in [-0.3, -0.25) is 9.52 Å². The van der Waals surface area contributed by atoms with Crippen LogP contribution in [0, 0.1) is 6.92 Å². The summed E-state index contributed by atoms with van der Waals surface area (Å²) in [4.78, 5) is 15.0. The van der Waals surface area contributed by atoms with E-state index in [1.165, 1.54) is 5.56 Å². The monoisotopic (exact) mass is 386 g/mol. The van der Waals surface area contributed by atoms with Crippen LogP contribution >= 0.6 is 0 Å². The van der Waals surface area contributed by atoms with Gasteiger partial charge in [-0.2, -0.15) is 0 Å². The lowest BCUT2D eigenvalue weighted by atomic mass is 10.0. The number of amides is 1. The molecule has 6 heteroatoms. The Hall–Kier alpha value is -2.34. The Morgan fingerprint density at radius 3 is 2.63 bits per heavy atom. The zero-order chi connectivity index (χ0) is 19.4. The highest BCUT2D eigenvalue weighted by Crippen LogP contribution is 2.33. The number of carbonyl (C=O) groups excluding carboxylic acids is 1. The molecule has 1 saturated heterocycles. The molecule has 3 rings (SSSR count). The van der Waals surface area contributed by atoms with Crippen LogP contribution in [0.3, 0.4) is 0 Å². The van der Waals surface area contributed by atoms with E-state index in [0.717, 1.165) is 18.4 Å². The van der Waals surface area contributed by atoms with Gasteiger partial charge in [-0.15, -0.1) is 0 Å². The third-order valence-electron chi connectivity index (χ3n) is 4.83. The molecule has 1 aliphatic rings. The zero-order valence-electron chi connectivity index (χ0n) is 15.8. The van der Waals surface area contributed by atoms with E-state index in [-0.39, 0.29) is 17.7 Å². The average molecular weight is 387 g/mol. The highest BCUT2D eigenvalue weighted by molar-refractivity contribution is 7.92. The van der Waals surface area contributed by atoms with Gasteiger partial charge >= 0.3 is 0 Å². The summed E-state index contributed by atoms with van der Waals surface area (Å²) >= 11 is 0. The minimum Gasteiger partial charge on any atom is -0.332 e. The zero-order valence-corrected chi connectivity index (χ0v) is 16.6. The molecule has 0 bridgehead atoms. The quantitative estimate of drug-likeness (QED) is 0.812. The van der Waals surface area contributed by atoms with Gasteiger partial charge in [-0.25, -0.2) is 8.42 Å². The number of nitrogens with zero attached hydrogens (tertiary/aromatic N) is 1. The molecule has 1 atom stereocenters. The molecule has 2 aromatic rings. The topological polar surface area (TPSA) is 66.5 Å². The van der Waals surface area contributed by atoms with Gasteiger partial charge in [0, 0.05) is 17.8 Å². The number of carbonyl (C=O) groups is 1. The van der Waals surface area contributed by atoms with E-state index < -0.39 is 10.0 Å². The van der Waals surface area contributed by atoms with E-state index in [1.54, 1.807) is 24.3 Å². The van der Waals surface area contributed by atoms with E-state index >= 15 is 0 Å². The third-order valence-corrected chi connectivity index (χ3v) is 6.32. The number of nitrogens with one attached hydrogen (secondary N) is 1. The van der Waals surface area contributed by atoms with Crippen LogP contribution in [-0.2, 0) is 10.0 Å². The Bertz CT molecular complexity index is 907. The standard InChI is InChI=1S/C21H26N2O3S/c1-3-14-27(25,26)22-19-7-4-6-18(15-19)21(24)23-13-5-8-20(23)17-11-9-16(2)10-12-17/h4,6-7,9-12,15,20,22H,3,5,8,13-14H2,1-2H3. The molecular weight excluding hydrogens is 360 g/mol. The van der Waals surface area contributed by atoms with E-state index in [2.05, 4.69) is 29.0 Å². The van der Waals surface area contributed by atoms with Crippen molar-refractivity contribution in [1.82, 2.24) is 4.90 Å². The Labute approximate surface area is 161 Å². The molecule has 1 aliphatic heterocycles. The molecule has 0 saturated carbocycles. The first-order valence-corrected chi connectivity index (χ1v) is 11.0. The number of rotatable bonds is 6. The minimum atomic E-state index is -3.38. The lowest BCUT2D eigenvalue weighted by Gasteiger charge is -2.25. The molecule has 0 aliphatic carbocycles. The first kappa shape index (κ1) is 19.4. The van der Waals surface area contributed by atoms with Crippen LogP contribution in [0.5, 0.6) is 0 Å². The predicted molar refractivity (Wildman–Crippen MR) is 108 cm³/mol. The fourth-order valence-corrected chi connectivity index (χ4v) is 4.65. The summed E-state index contributed by atoms with van der Waals surface area (Å²) in [6.45, 7) is 4.58. The van der Waals surface area contributed by atoms with Crippen LogP contribution in [0.1, 0.15) is 53.7 Å². The molecule has 1 amide bonds. The van der Waals surface area contributed by atoms with Gasteiger partial charge in [0.1, 0.15) is 0 Å². The van der Waals surface area contributed by atoms with Crippen molar-refractivity contribution in [2.45, 2.75) is 39.2 Å². The number of sulfonamides is 1. The van der Waals surface area contributed by atoms with Crippen LogP contribution in [0.2, 0.25) is 0 Å². The lowest BCUT2D eigenvalue weighted by molar-refractivity contribution is 0.0735. The normalized spacial score (nSPS) is 17.1. The van der Waals surface area contributed by atoms with E-state index in [4.69, 9.17) is 0 Å². The molecule has 1 unspecified atom stereocenters. The highest BCUT2D eigenvalue weighted by Gasteiger charge is 2.30. The smallest absolute Gasteiger partial charge is 0.254 e. The molecule has 27 heavy (non-hydrogen) atoms. The molecule has 1 heterocycles. The van der Waals surface area contributed by atoms with E-state index in [9.17, 15) is 13.2 Å². The summed E-state index contributed by atoms with van der Waals surface area (Å²) in [5.41, 5.74) is 3.28. The van der Waals surface area contributed by atoms with Crippen molar-refractivity contribution in [2.24, 2.45) is 0 Å². The summed E-state index contributed by atoms with van der Waals surface area (Å²) in [7, 11) is -3.38. The van der Waals surface area contributed by atoms with Crippen LogP contribution in [0.25, 0.3) is 0 Å². The fourth-order valence-electron chi connectivity index (χ4n) is 3.53. The van der Waals surface area contributed by atoms with Crippen molar-refractivity contribution in [3.8, 4) is 0 Å². The molecule has 2 aromatic carbocycles. The Morgan fingerprint density at radius 2 is 1.93 bits per heavy atom. The summed E-state index contributed by atoms with van der Waals surface area (Å²) < 4.78 is 26.5. The molecule has 1 fully saturated rings. The van der Waals surface area contributed by atoms with Gasteiger partial charge in [-0.1, -0.05) is 42.8 Å². The largest absolute Gasteiger partial charge is 0.332 e. The average Bonchev–Trinajstić information content (AvgIpc) is 3.11. The fraction of sp³-hybridized carbons (Fsp3) is 0.381. The Balaban J connectivity index is 1.80. The van der Waals surface area contributed by atoms with Crippen molar-refractivity contribution < 1.29 is 13.2 Å². The molecular formula is C21H26N2O3S.